The second-order valence-electron chi connectivity index (χ2n) is 3.08. The molecule has 0 bridgehead atoms. The third kappa shape index (κ3) is 2.05. The Morgan fingerprint density at radius 3 is 2.87 bits per heavy atom. The van der Waals surface area contributed by atoms with Gasteiger partial charge in [-0.2, -0.15) is 0 Å². The number of para-hydroxylation sites is 1. The number of hydrogen-bond acceptors (Lipinski definition) is 2. The summed E-state index contributed by atoms with van der Waals surface area (Å²) in [6.07, 6.45) is 1.77. The maximum Gasteiger partial charge on any atom is 0.170 e. The Balaban J connectivity index is 2.46. The first-order chi connectivity index (χ1) is 7.31. The van der Waals surface area contributed by atoms with Gasteiger partial charge in [-0.05, 0) is 24.4 Å². The average molecular weight is 217 g/mol. The molecule has 1 aromatic carbocycles. The van der Waals surface area contributed by atoms with Crippen molar-refractivity contribution in [3.8, 4) is 0 Å². The first kappa shape index (κ1) is 9.86. The molecule has 0 aliphatic carbocycles. The number of fused-ring (bicyclic) bond motifs is 1. The van der Waals surface area contributed by atoms with Crippen LogP contribution in [-0.4, -0.2) is 17.1 Å². The number of pyridine rings is 1. The minimum absolute atomic E-state index is 0.591. The smallest absolute Gasteiger partial charge is 0.170 e. The minimum Gasteiger partial charge on any atom is -0.366 e. The molecule has 0 saturated heterocycles. The van der Waals surface area contributed by atoms with Gasteiger partial charge in [0, 0.05) is 18.6 Å². The van der Waals surface area contributed by atoms with E-state index in [1.165, 1.54) is 0 Å². The number of benzene rings is 1. The van der Waals surface area contributed by atoms with Crippen LogP contribution >= 0.6 is 12.2 Å². The molecule has 2 N–H and O–H groups in total. The van der Waals surface area contributed by atoms with E-state index in [0.717, 1.165) is 16.6 Å². The van der Waals surface area contributed by atoms with Crippen molar-refractivity contribution < 1.29 is 0 Å². The molecule has 15 heavy (non-hydrogen) atoms. The second-order valence-corrected chi connectivity index (χ2v) is 3.49. The van der Waals surface area contributed by atoms with E-state index in [-0.39, 0.29) is 0 Å². The van der Waals surface area contributed by atoms with Gasteiger partial charge < -0.3 is 10.6 Å². The van der Waals surface area contributed by atoms with Gasteiger partial charge in [-0.1, -0.05) is 18.2 Å². The molecule has 0 fully saturated rings. The van der Waals surface area contributed by atoms with Crippen molar-refractivity contribution in [1.29, 1.82) is 0 Å². The van der Waals surface area contributed by atoms with Crippen LogP contribution < -0.4 is 10.6 Å². The third-order valence-electron chi connectivity index (χ3n) is 2.11. The maximum atomic E-state index is 5.05. The fraction of sp³-hybridized carbons (Fsp3) is 0.0909. The Hall–Kier alpha value is -1.68. The lowest BCUT2D eigenvalue weighted by Crippen LogP contribution is -2.24. The van der Waals surface area contributed by atoms with Gasteiger partial charge in [0.1, 0.15) is 0 Å². The molecule has 1 heterocycles. The van der Waals surface area contributed by atoms with Gasteiger partial charge in [-0.25, -0.2) is 0 Å². The zero-order valence-corrected chi connectivity index (χ0v) is 9.14. The maximum absolute atomic E-state index is 5.05. The van der Waals surface area contributed by atoms with Crippen molar-refractivity contribution in [2.24, 2.45) is 0 Å². The average Bonchev–Trinajstić information content (AvgIpc) is 2.29. The summed E-state index contributed by atoms with van der Waals surface area (Å²) in [4.78, 5) is 4.32. The van der Waals surface area contributed by atoms with Crippen molar-refractivity contribution in [1.82, 2.24) is 10.3 Å². The van der Waals surface area contributed by atoms with Gasteiger partial charge in [0.05, 0.1) is 11.2 Å². The van der Waals surface area contributed by atoms with E-state index in [1.807, 2.05) is 30.3 Å². The molecule has 0 aliphatic rings. The van der Waals surface area contributed by atoms with Gasteiger partial charge >= 0.3 is 0 Å². The number of nitrogens with zero attached hydrogens (tertiary/aromatic N) is 1. The Morgan fingerprint density at radius 1 is 1.27 bits per heavy atom. The molecule has 0 atom stereocenters. The fourth-order valence-electron chi connectivity index (χ4n) is 1.39. The van der Waals surface area contributed by atoms with Crippen molar-refractivity contribution in [2.45, 2.75) is 0 Å². The summed E-state index contributed by atoms with van der Waals surface area (Å²) in [6.45, 7) is 0. The highest BCUT2D eigenvalue weighted by molar-refractivity contribution is 7.80. The molecule has 0 unspecified atom stereocenters. The number of hydrogen-bond donors (Lipinski definition) is 2. The van der Waals surface area contributed by atoms with Crippen molar-refractivity contribution in [2.75, 3.05) is 12.4 Å². The lowest BCUT2D eigenvalue weighted by Gasteiger charge is -2.08. The summed E-state index contributed by atoms with van der Waals surface area (Å²) in [6, 6.07) is 9.90. The van der Waals surface area contributed by atoms with E-state index in [0.29, 0.717) is 5.11 Å². The van der Waals surface area contributed by atoms with Crippen LogP contribution in [0.25, 0.3) is 10.9 Å². The minimum atomic E-state index is 0.591. The van der Waals surface area contributed by atoms with E-state index < -0.39 is 0 Å². The van der Waals surface area contributed by atoms with Crippen LogP contribution in [0.15, 0.2) is 36.5 Å². The topological polar surface area (TPSA) is 37.0 Å². The Labute approximate surface area is 93.5 Å². The fourth-order valence-corrected chi connectivity index (χ4v) is 1.50. The molecule has 0 amide bonds. The van der Waals surface area contributed by atoms with Gasteiger partial charge in [0.25, 0.3) is 0 Å². The van der Waals surface area contributed by atoms with Crippen molar-refractivity contribution in [3.05, 3.63) is 36.5 Å². The number of aromatic nitrogens is 1. The molecule has 0 radical (unpaired) electrons. The van der Waals surface area contributed by atoms with Crippen LogP contribution in [0.5, 0.6) is 0 Å². The molecule has 1 aromatic heterocycles. The quantitative estimate of drug-likeness (QED) is 0.718. The van der Waals surface area contributed by atoms with E-state index in [1.54, 1.807) is 13.2 Å². The summed E-state index contributed by atoms with van der Waals surface area (Å²) in [7, 11) is 1.79. The molecule has 0 aliphatic heterocycles. The Kier molecular flexibility index (Phi) is 2.78. The van der Waals surface area contributed by atoms with Gasteiger partial charge in [-0.15, -0.1) is 0 Å². The number of nitrogens with one attached hydrogen (secondary N) is 2. The monoisotopic (exact) mass is 217 g/mol. The van der Waals surface area contributed by atoms with Crippen LogP contribution in [-0.2, 0) is 0 Å². The normalized spacial score (nSPS) is 9.93. The van der Waals surface area contributed by atoms with E-state index in [2.05, 4.69) is 15.6 Å². The van der Waals surface area contributed by atoms with Crippen molar-refractivity contribution in [3.63, 3.8) is 0 Å². The number of thiocarbonyl (C=S) groups is 1. The number of anilines is 1. The van der Waals surface area contributed by atoms with Crippen LogP contribution in [0.1, 0.15) is 0 Å². The van der Waals surface area contributed by atoms with Crippen LogP contribution in [0, 0.1) is 0 Å². The highest BCUT2D eigenvalue weighted by Gasteiger charge is 2.01. The van der Waals surface area contributed by atoms with Gasteiger partial charge in [0.15, 0.2) is 5.11 Å². The zero-order chi connectivity index (χ0) is 10.7. The second kappa shape index (κ2) is 4.23. The third-order valence-corrected chi connectivity index (χ3v) is 2.41. The highest BCUT2D eigenvalue weighted by atomic mass is 32.1. The van der Waals surface area contributed by atoms with Crippen molar-refractivity contribution >= 4 is 33.9 Å². The predicted octanol–water partition coefficient (Wildman–Crippen LogP) is 2.15. The molecular formula is C11H11N3S. The van der Waals surface area contributed by atoms with E-state index in [4.69, 9.17) is 12.2 Å². The largest absolute Gasteiger partial charge is 0.366 e. The van der Waals surface area contributed by atoms with Gasteiger partial charge in [-0.3, -0.25) is 4.98 Å². The summed E-state index contributed by atoms with van der Waals surface area (Å²) in [5, 5.41) is 7.65. The standard InChI is InChI=1S/C11H11N3S/c1-12-11(15)14-9-6-2-4-8-5-3-7-13-10(8)9/h2-7H,1H3,(H2,12,14,15). The van der Waals surface area contributed by atoms with Crippen LogP contribution in [0.3, 0.4) is 0 Å². The summed E-state index contributed by atoms with van der Waals surface area (Å²) >= 11 is 5.05. The molecule has 76 valence electrons. The zero-order valence-electron chi connectivity index (χ0n) is 8.32. The molecule has 4 heteroatoms. The summed E-state index contributed by atoms with van der Waals surface area (Å²) in [5.41, 5.74) is 1.85. The van der Waals surface area contributed by atoms with Crippen LogP contribution in [0.4, 0.5) is 5.69 Å². The first-order valence-corrected chi connectivity index (χ1v) is 5.04. The molecule has 2 rings (SSSR count). The Morgan fingerprint density at radius 2 is 2.07 bits per heavy atom. The molecule has 0 saturated carbocycles. The highest BCUT2D eigenvalue weighted by Crippen LogP contribution is 2.20. The van der Waals surface area contributed by atoms with Gasteiger partial charge in [0.2, 0.25) is 0 Å². The van der Waals surface area contributed by atoms with E-state index >= 15 is 0 Å². The summed E-state index contributed by atoms with van der Waals surface area (Å²) < 4.78 is 0. The molecule has 3 nitrogen and oxygen atoms in total. The molecular weight excluding hydrogens is 206 g/mol. The first-order valence-electron chi connectivity index (χ1n) is 4.64. The molecule has 2 aromatic rings. The SMILES string of the molecule is CNC(=S)Nc1cccc2cccnc12. The number of rotatable bonds is 1. The lowest BCUT2D eigenvalue weighted by atomic mass is 10.2. The van der Waals surface area contributed by atoms with Crippen LogP contribution in [0.2, 0.25) is 0 Å². The predicted molar refractivity (Wildman–Crippen MR) is 67.0 cm³/mol. The lowest BCUT2D eigenvalue weighted by molar-refractivity contribution is 1.20. The molecule has 0 spiro atoms. The Bertz CT molecular complexity index is 491. The van der Waals surface area contributed by atoms with E-state index in [9.17, 15) is 0 Å². The summed E-state index contributed by atoms with van der Waals surface area (Å²) in [5.74, 6) is 0.